The van der Waals surface area contributed by atoms with Crippen LogP contribution in [-0.2, 0) is 4.79 Å². The monoisotopic (exact) mass is 293 g/mol. The third-order valence-corrected chi connectivity index (χ3v) is 2.77. The van der Waals surface area contributed by atoms with Crippen LogP contribution in [0, 0.1) is 5.92 Å². The molecule has 1 aliphatic rings. The summed E-state index contributed by atoms with van der Waals surface area (Å²) >= 11 is 5.76. The molecule has 0 unspecified atom stereocenters. The highest BCUT2D eigenvalue weighted by atomic mass is 35.5. The Balaban J connectivity index is 2.10. The Bertz CT molecular complexity index is 486. The number of anilines is 1. The van der Waals surface area contributed by atoms with Gasteiger partial charge in [-0.2, -0.15) is 13.2 Å². The highest BCUT2D eigenvalue weighted by Crippen LogP contribution is 2.34. The number of alkyl halides is 3. The van der Waals surface area contributed by atoms with E-state index < -0.39 is 12.8 Å². The summed E-state index contributed by atoms with van der Waals surface area (Å²) in [7, 11) is 0. The number of carbonyl (C=O) groups excluding carboxylic acids is 1. The van der Waals surface area contributed by atoms with E-state index in [1.165, 1.54) is 18.2 Å². The molecule has 1 saturated carbocycles. The second kappa shape index (κ2) is 5.28. The zero-order valence-electron chi connectivity index (χ0n) is 9.76. The lowest BCUT2D eigenvalue weighted by atomic mass is 10.2. The topological polar surface area (TPSA) is 38.3 Å². The first kappa shape index (κ1) is 14.0. The summed E-state index contributed by atoms with van der Waals surface area (Å²) in [5.41, 5.74) is 0.161. The molecule has 0 spiro atoms. The number of halogens is 4. The molecule has 1 aliphatic carbocycles. The van der Waals surface area contributed by atoms with Crippen LogP contribution in [0.15, 0.2) is 18.2 Å². The average Bonchev–Trinajstić information content (AvgIpc) is 3.10. The molecule has 0 aliphatic heterocycles. The van der Waals surface area contributed by atoms with Gasteiger partial charge in [-0.25, -0.2) is 0 Å². The summed E-state index contributed by atoms with van der Waals surface area (Å²) in [6.07, 6.45) is -2.84. The molecule has 3 nitrogen and oxygen atoms in total. The summed E-state index contributed by atoms with van der Waals surface area (Å²) < 4.78 is 41.0. The van der Waals surface area contributed by atoms with Crippen LogP contribution < -0.4 is 10.1 Å². The lowest BCUT2D eigenvalue weighted by molar-refractivity contribution is -0.153. The van der Waals surface area contributed by atoms with Crippen molar-refractivity contribution in [2.75, 3.05) is 11.9 Å². The van der Waals surface area contributed by atoms with E-state index in [0.717, 1.165) is 12.8 Å². The Labute approximate surface area is 112 Å². The first-order chi connectivity index (χ1) is 8.85. The van der Waals surface area contributed by atoms with Crippen molar-refractivity contribution in [3.63, 3.8) is 0 Å². The van der Waals surface area contributed by atoms with Gasteiger partial charge in [0, 0.05) is 10.9 Å². The molecule has 2 rings (SSSR count). The van der Waals surface area contributed by atoms with Crippen LogP contribution >= 0.6 is 11.6 Å². The summed E-state index contributed by atoms with van der Waals surface area (Å²) in [5, 5.41) is 2.84. The van der Waals surface area contributed by atoms with E-state index in [-0.39, 0.29) is 23.3 Å². The first-order valence-corrected chi connectivity index (χ1v) is 6.03. The first-order valence-electron chi connectivity index (χ1n) is 5.65. The molecule has 0 saturated heterocycles. The molecule has 1 fully saturated rings. The van der Waals surface area contributed by atoms with E-state index in [0.29, 0.717) is 5.02 Å². The van der Waals surface area contributed by atoms with E-state index >= 15 is 0 Å². The number of carbonyl (C=O) groups is 1. The Kier molecular flexibility index (Phi) is 3.89. The molecular formula is C12H11ClF3NO2. The molecule has 0 aromatic heterocycles. The summed E-state index contributed by atoms with van der Waals surface area (Å²) in [6, 6.07) is 4.07. The summed E-state index contributed by atoms with van der Waals surface area (Å²) in [6.45, 7) is -1.42. The maximum Gasteiger partial charge on any atom is 0.422 e. The number of rotatable bonds is 4. The van der Waals surface area contributed by atoms with Crippen LogP contribution in [0.4, 0.5) is 18.9 Å². The molecule has 0 bridgehead atoms. The summed E-state index contributed by atoms with van der Waals surface area (Å²) in [5.74, 6) is -0.329. The fourth-order valence-electron chi connectivity index (χ4n) is 1.47. The van der Waals surface area contributed by atoms with Crippen LogP contribution in [0.2, 0.25) is 5.02 Å². The van der Waals surface area contributed by atoms with Gasteiger partial charge in [-0.15, -0.1) is 0 Å². The molecule has 1 amide bonds. The van der Waals surface area contributed by atoms with E-state index in [1.807, 2.05) is 0 Å². The van der Waals surface area contributed by atoms with E-state index in [4.69, 9.17) is 11.6 Å². The lowest BCUT2D eigenvalue weighted by Gasteiger charge is -2.14. The van der Waals surface area contributed by atoms with Crippen LogP contribution in [0.3, 0.4) is 0 Å². The minimum Gasteiger partial charge on any atom is -0.482 e. The molecule has 1 aromatic rings. The molecule has 0 radical (unpaired) electrons. The van der Waals surface area contributed by atoms with Gasteiger partial charge in [-0.1, -0.05) is 11.6 Å². The van der Waals surface area contributed by atoms with Gasteiger partial charge in [-0.05, 0) is 31.0 Å². The van der Waals surface area contributed by atoms with Crippen molar-refractivity contribution in [2.24, 2.45) is 5.92 Å². The smallest absolute Gasteiger partial charge is 0.422 e. The van der Waals surface area contributed by atoms with Crippen molar-refractivity contribution in [2.45, 2.75) is 19.0 Å². The summed E-state index contributed by atoms with van der Waals surface area (Å²) in [4.78, 5) is 11.6. The number of benzene rings is 1. The van der Waals surface area contributed by atoms with Crippen LogP contribution in [0.25, 0.3) is 0 Å². The molecule has 0 heterocycles. The van der Waals surface area contributed by atoms with Gasteiger partial charge in [-0.3, -0.25) is 4.79 Å². The molecule has 1 aromatic carbocycles. The van der Waals surface area contributed by atoms with Gasteiger partial charge in [0.1, 0.15) is 5.75 Å². The Hall–Kier alpha value is -1.43. The lowest BCUT2D eigenvalue weighted by Crippen LogP contribution is -2.20. The normalized spacial score (nSPS) is 15.2. The van der Waals surface area contributed by atoms with Crippen molar-refractivity contribution in [1.82, 2.24) is 0 Å². The molecule has 104 valence electrons. The highest BCUT2D eigenvalue weighted by molar-refractivity contribution is 6.31. The van der Waals surface area contributed by atoms with Crippen molar-refractivity contribution < 1.29 is 22.7 Å². The number of ether oxygens (including phenoxy) is 1. The second-order valence-corrected chi connectivity index (χ2v) is 4.74. The minimum absolute atomic E-state index is 0.0456. The van der Waals surface area contributed by atoms with Crippen LogP contribution in [-0.4, -0.2) is 18.7 Å². The van der Waals surface area contributed by atoms with Gasteiger partial charge in [0.15, 0.2) is 6.61 Å². The van der Waals surface area contributed by atoms with Gasteiger partial charge in [0.25, 0.3) is 0 Å². The maximum absolute atomic E-state index is 12.1. The largest absolute Gasteiger partial charge is 0.482 e. The number of hydrogen-bond donors (Lipinski definition) is 1. The van der Waals surface area contributed by atoms with Gasteiger partial charge >= 0.3 is 6.18 Å². The Morgan fingerprint density at radius 1 is 1.42 bits per heavy atom. The number of hydrogen-bond acceptors (Lipinski definition) is 2. The zero-order chi connectivity index (χ0) is 14.0. The molecule has 19 heavy (non-hydrogen) atoms. The third-order valence-electron chi connectivity index (χ3n) is 2.54. The molecular weight excluding hydrogens is 283 g/mol. The molecule has 0 atom stereocenters. The third kappa shape index (κ3) is 4.31. The van der Waals surface area contributed by atoms with Crippen LogP contribution in [0.5, 0.6) is 5.75 Å². The maximum atomic E-state index is 12.1. The average molecular weight is 294 g/mol. The minimum atomic E-state index is -4.43. The fourth-order valence-corrected chi connectivity index (χ4v) is 1.64. The van der Waals surface area contributed by atoms with Crippen molar-refractivity contribution in [3.05, 3.63) is 23.2 Å². The van der Waals surface area contributed by atoms with E-state index in [1.54, 1.807) is 0 Å². The van der Waals surface area contributed by atoms with Crippen molar-refractivity contribution in [3.8, 4) is 5.75 Å². The Morgan fingerprint density at radius 3 is 2.68 bits per heavy atom. The van der Waals surface area contributed by atoms with Crippen molar-refractivity contribution in [1.29, 1.82) is 0 Å². The standard InChI is InChI=1S/C12H11ClF3NO2/c13-8-3-4-10(19-6-12(14,15)16)9(5-8)17-11(18)7-1-2-7/h3-5,7H,1-2,6H2,(H,17,18). The number of amides is 1. The van der Waals surface area contributed by atoms with Gasteiger partial charge in [0.2, 0.25) is 5.91 Å². The van der Waals surface area contributed by atoms with Crippen molar-refractivity contribution >= 4 is 23.2 Å². The SMILES string of the molecule is O=C(Nc1cc(Cl)ccc1OCC(F)(F)F)C1CC1. The van der Waals surface area contributed by atoms with Crippen LogP contribution in [0.1, 0.15) is 12.8 Å². The molecule has 1 N–H and O–H groups in total. The molecule has 7 heteroatoms. The fraction of sp³-hybridized carbons (Fsp3) is 0.417. The second-order valence-electron chi connectivity index (χ2n) is 4.31. The predicted octanol–water partition coefficient (Wildman–Crippen LogP) is 3.63. The van der Waals surface area contributed by atoms with E-state index in [9.17, 15) is 18.0 Å². The predicted molar refractivity (Wildman–Crippen MR) is 64.4 cm³/mol. The Morgan fingerprint density at radius 2 is 2.11 bits per heavy atom. The van der Waals surface area contributed by atoms with E-state index in [2.05, 4.69) is 10.1 Å². The number of nitrogens with one attached hydrogen (secondary N) is 1. The van der Waals surface area contributed by atoms with Gasteiger partial charge < -0.3 is 10.1 Å². The zero-order valence-corrected chi connectivity index (χ0v) is 10.5. The highest BCUT2D eigenvalue weighted by Gasteiger charge is 2.31. The quantitative estimate of drug-likeness (QED) is 0.920. The van der Waals surface area contributed by atoms with Gasteiger partial charge in [0.05, 0.1) is 5.69 Å².